The van der Waals surface area contributed by atoms with Gasteiger partial charge in [0.05, 0.1) is 6.54 Å². The Labute approximate surface area is 112 Å². The van der Waals surface area contributed by atoms with Crippen LogP contribution in [0, 0.1) is 0 Å². The summed E-state index contributed by atoms with van der Waals surface area (Å²) in [4.78, 5) is 25.3. The molecule has 1 aliphatic heterocycles. The van der Waals surface area contributed by atoms with E-state index < -0.39 is 5.54 Å². The number of nitrogens with one attached hydrogen (secondary N) is 1. The molecule has 0 spiro atoms. The minimum absolute atomic E-state index is 0.164. The molecule has 1 aliphatic rings. The number of carbonyl (C=O) groups excluding carboxylic acids is 2. The molecule has 0 saturated carbocycles. The number of nitrogens with zero attached hydrogens (tertiary/aromatic N) is 1. The number of amides is 3. The fourth-order valence-electron chi connectivity index (χ4n) is 2.09. The smallest absolute Gasteiger partial charge is 0.325 e. The summed E-state index contributed by atoms with van der Waals surface area (Å²) in [6, 6.07) is 7.28. The molecule has 1 aromatic rings. The van der Waals surface area contributed by atoms with E-state index in [4.69, 9.17) is 5.73 Å². The monoisotopic (exact) mass is 261 g/mol. The van der Waals surface area contributed by atoms with Crippen molar-refractivity contribution in [2.75, 3.05) is 0 Å². The van der Waals surface area contributed by atoms with Crippen LogP contribution in [0.4, 0.5) is 4.79 Å². The van der Waals surface area contributed by atoms with Gasteiger partial charge in [0.15, 0.2) is 0 Å². The molecular weight excluding hydrogens is 242 g/mol. The van der Waals surface area contributed by atoms with Crippen LogP contribution in [0.2, 0.25) is 0 Å². The molecule has 5 heteroatoms. The summed E-state index contributed by atoms with van der Waals surface area (Å²) in [6.07, 6.45) is 0.584. The van der Waals surface area contributed by atoms with Crippen molar-refractivity contribution in [3.05, 3.63) is 35.4 Å². The first kappa shape index (κ1) is 13.5. The molecular formula is C14H19N3O2. The Bertz CT molecular complexity index is 498. The van der Waals surface area contributed by atoms with Crippen molar-refractivity contribution in [1.29, 1.82) is 0 Å². The molecule has 0 bridgehead atoms. The van der Waals surface area contributed by atoms with Crippen LogP contribution < -0.4 is 11.1 Å². The second-order valence-corrected chi connectivity index (χ2v) is 5.03. The average Bonchev–Trinajstić information content (AvgIpc) is 2.64. The van der Waals surface area contributed by atoms with Crippen LogP contribution in [0.3, 0.4) is 0 Å². The van der Waals surface area contributed by atoms with Crippen LogP contribution in [0.15, 0.2) is 24.3 Å². The van der Waals surface area contributed by atoms with E-state index in [9.17, 15) is 9.59 Å². The molecule has 3 amide bonds. The second kappa shape index (κ2) is 5.01. The molecule has 1 unspecified atom stereocenters. The molecule has 1 fully saturated rings. The van der Waals surface area contributed by atoms with Gasteiger partial charge < -0.3 is 11.1 Å². The summed E-state index contributed by atoms with van der Waals surface area (Å²) in [5, 5.41) is 2.74. The molecule has 1 atom stereocenters. The van der Waals surface area contributed by atoms with Gasteiger partial charge in [0.1, 0.15) is 5.54 Å². The lowest BCUT2D eigenvalue weighted by Crippen LogP contribution is -2.43. The Hall–Kier alpha value is -1.88. The number of rotatable bonds is 4. The first-order valence-corrected chi connectivity index (χ1v) is 6.42. The van der Waals surface area contributed by atoms with Gasteiger partial charge in [-0.2, -0.15) is 0 Å². The van der Waals surface area contributed by atoms with Gasteiger partial charge in [-0.05, 0) is 24.5 Å². The van der Waals surface area contributed by atoms with Crippen molar-refractivity contribution < 1.29 is 9.59 Å². The molecule has 3 N–H and O–H groups in total. The maximum absolute atomic E-state index is 12.2. The fraction of sp³-hybridized carbons (Fsp3) is 0.429. The zero-order chi connectivity index (χ0) is 14.0. The fourth-order valence-corrected chi connectivity index (χ4v) is 2.09. The first-order chi connectivity index (χ1) is 9.00. The molecule has 1 saturated heterocycles. The van der Waals surface area contributed by atoms with Crippen molar-refractivity contribution >= 4 is 11.9 Å². The highest BCUT2D eigenvalue weighted by atomic mass is 16.2. The lowest BCUT2D eigenvalue weighted by molar-refractivity contribution is -0.131. The van der Waals surface area contributed by atoms with Gasteiger partial charge >= 0.3 is 6.03 Å². The Morgan fingerprint density at radius 2 is 1.79 bits per heavy atom. The van der Waals surface area contributed by atoms with Gasteiger partial charge in [-0.1, -0.05) is 31.2 Å². The van der Waals surface area contributed by atoms with Crippen LogP contribution in [-0.2, 0) is 17.9 Å². The van der Waals surface area contributed by atoms with Gasteiger partial charge in [-0.15, -0.1) is 0 Å². The Morgan fingerprint density at radius 1 is 1.21 bits per heavy atom. The quantitative estimate of drug-likeness (QED) is 0.804. The highest BCUT2D eigenvalue weighted by Crippen LogP contribution is 2.22. The number of hydrogen-bond donors (Lipinski definition) is 2. The SMILES string of the molecule is CCC1(C)NC(=O)N(Cc2ccc(CN)cc2)C1=O. The minimum Gasteiger partial charge on any atom is -0.326 e. The summed E-state index contributed by atoms with van der Waals surface area (Å²) in [6.45, 7) is 4.42. The van der Waals surface area contributed by atoms with Gasteiger partial charge in [0.25, 0.3) is 5.91 Å². The second-order valence-electron chi connectivity index (χ2n) is 5.03. The third-order valence-electron chi connectivity index (χ3n) is 3.65. The van der Waals surface area contributed by atoms with E-state index in [2.05, 4.69) is 5.32 Å². The van der Waals surface area contributed by atoms with E-state index in [1.165, 1.54) is 4.90 Å². The molecule has 0 radical (unpaired) electrons. The predicted octanol–water partition coefficient (Wildman–Crippen LogP) is 1.37. The number of benzene rings is 1. The maximum Gasteiger partial charge on any atom is 0.325 e. The van der Waals surface area contributed by atoms with Crippen LogP contribution in [0.5, 0.6) is 0 Å². The summed E-state index contributed by atoms with van der Waals surface area (Å²) < 4.78 is 0. The zero-order valence-electron chi connectivity index (χ0n) is 11.3. The van der Waals surface area contributed by atoms with E-state index in [1.807, 2.05) is 31.2 Å². The number of imide groups is 1. The number of hydrogen-bond acceptors (Lipinski definition) is 3. The Morgan fingerprint density at radius 3 is 2.26 bits per heavy atom. The molecule has 19 heavy (non-hydrogen) atoms. The van der Waals surface area contributed by atoms with Crippen molar-refractivity contribution in [2.24, 2.45) is 5.73 Å². The van der Waals surface area contributed by atoms with E-state index in [0.29, 0.717) is 19.5 Å². The number of urea groups is 1. The largest absolute Gasteiger partial charge is 0.326 e. The van der Waals surface area contributed by atoms with Gasteiger partial charge in [-0.3, -0.25) is 9.69 Å². The summed E-state index contributed by atoms with van der Waals surface area (Å²) >= 11 is 0. The predicted molar refractivity (Wildman–Crippen MR) is 72.1 cm³/mol. The molecule has 0 aliphatic carbocycles. The standard InChI is InChI=1S/C14H19N3O2/c1-3-14(2)12(18)17(13(19)16-14)9-11-6-4-10(8-15)5-7-11/h4-7H,3,8-9,15H2,1-2H3,(H,16,19). The molecule has 1 aromatic carbocycles. The molecule has 5 nitrogen and oxygen atoms in total. The van der Waals surface area contributed by atoms with E-state index >= 15 is 0 Å². The molecule has 0 aromatic heterocycles. The van der Waals surface area contributed by atoms with Gasteiger partial charge in [0.2, 0.25) is 0 Å². The van der Waals surface area contributed by atoms with Crippen LogP contribution in [0.25, 0.3) is 0 Å². The van der Waals surface area contributed by atoms with Crippen molar-refractivity contribution in [3.8, 4) is 0 Å². The van der Waals surface area contributed by atoms with Crippen molar-refractivity contribution in [2.45, 2.75) is 38.9 Å². The molecule has 102 valence electrons. The van der Waals surface area contributed by atoms with E-state index in [0.717, 1.165) is 11.1 Å². The summed E-state index contributed by atoms with van der Waals surface area (Å²) in [5.41, 5.74) is 6.71. The van der Waals surface area contributed by atoms with E-state index in [1.54, 1.807) is 6.92 Å². The molecule has 2 rings (SSSR count). The topological polar surface area (TPSA) is 75.4 Å². The third-order valence-corrected chi connectivity index (χ3v) is 3.65. The average molecular weight is 261 g/mol. The normalized spacial score (nSPS) is 22.8. The van der Waals surface area contributed by atoms with Crippen LogP contribution >= 0.6 is 0 Å². The number of carbonyl (C=O) groups is 2. The third kappa shape index (κ3) is 2.46. The van der Waals surface area contributed by atoms with Crippen LogP contribution in [0.1, 0.15) is 31.4 Å². The van der Waals surface area contributed by atoms with Gasteiger partial charge in [-0.25, -0.2) is 4.79 Å². The van der Waals surface area contributed by atoms with Gasteiger partial charge in [0, 0.05) is 6.54 Å². The van der Waals surface area contributed by atoms with Crippen LogP contribution in [-0.4, -0.2) is 22.4 Å². The Kier molecular flexibility index (Phi) is 3.57. The van der Waals surface area contributed by atoms with E-state index in [-0.39, 0.29) is 11.9 Å². The lowest BCUT2D eigenvalue weighted by atomic mass is 9.99. The summed E-state index contributed by atoms with van der Waals surface area (Å²) in [7, 11) is 0. The summed E-state index contributed by atoms with van der Waals surface area (Å²) in [5.74, 6) is -0.164. The highest BCUT2D eigenvalue weighted by Gasteiger charge is 2.46. The lowest BCUT2D eigenvalue weighted by Gasteiger charge is -2.19. The maximum atomic E-state index is 12.2. The Balaban J connectivity index is 2.14. The van der Waals surface area contributed by atoms with Crippen molar-refractivity contribution in [1.82, 2.24) is 10.2 Å². The number of nitrogens with two attached hydrogens (primary N) is 1. The van der Waals surface area contributed by atoms with Crippen molar-refractivity contribution in [3.63, 3.8) is 0 Å². The zero-order valence-corrected chi connectivity index (χ0v) is 11.3. The highest BCUT2D eigenvalue weighted by molar-refractivity contribution is 6.06. The minimum atomic E-state index is -0.770. The molecule has 1 heterocycles. The first-order valence-electron chi connectivity index (χ1n) is 6.42.